The zero-order valence-corrected chi connectivity index (χ0v) is 11.1. The van der Waals surface area contributed by atoms with Gasteiger partial charge in [-0.15, -0.1) is 0 Å². The van der Waals surface area contributed by atoms with E-state index in [4.69, 9.17) is 17.2 Å². The molecule has 0 unspecified atom stereocenters. The maximum atomic E-state index is 5.64. The first kappa shape index (κ1) is 13.1. The second-order valence-electron chi connectivity index (χ2n) is 3.58. The van der Waals surface area contributed by atoms with Gasteiger partial charge >= 0.3 is 0 Å². The van der Waals surface area contributed by atoms with Gasteiger partial charge in [-0.1, -0.05) is 0 Å². The topological polar surface area (TPSA) is 142 Å². The lowest BCUT2D eigenvalue weighted by Gasteiger charge is -2.06. The van der Waals surface area contributed by atoms with Crippen LogP contribution in [0.4, 0.5) is 23.4 Å². The first-order valence-corrected chi connectivity index (χ1v) is 6.34. The predicted octanol–water partition coefficient (Wildman–Crippen LogP) is 0.596. The molecule has 0 aliphatic carbocycles. The minimum absolute atomic E-state index is 0.179. The fourth-order valence-corrected chi connectivity index (χ4v) is 2.17. The van der Waals surface area contributed by atoms with Crippen molar-refractivity contribution < 1.29 is 0 Å². The summed E-state index contributed by atoms with van der Waals surface area (Å²) in [4.78, 5) is 16.3. The molecule has 0 aromatic carbocycles. The number of aromatic nitrogens is 4. The highest BCUT2D eigenvalue weighted by molar-refractivity contribution is 7.99. The molecule has 0 saturated carbocycles. The lowest BCUT2D eigenvalue weighted by molar-refractivity contribution is 0.972. The first-order valence-electron chi connectivity index (χ1n) is 5.53. The van der Waals surface area contributed by atoms with Gasteiger partial charge in [0.2, 0.25) is 5.95 Å². The summed E-state index contributed by atoms with van der Waals surface area (Å²) < 4.78 is 0. The maximum Gasteiger partial charge on any atom is 0.223 e. The van der Waals surface area contributed by atoms with Crippen LogP contribution in [0.3, 0.4) is 0 Å². The van der Waals surface area contributed by atoms with Gasteiger partial charge in [0.1, 0.15) is 22.5 Å². The summed E-state index contributed by atoms with van der Waals surface area (Å²) >= 11 is 1.22. The third kappa shape index (κ3) is 3.58. The van der Waals surface area contributed by atoms with Crippen LogP contribution in [0, 0.1) is 0 Å². The number of hydrogen-bond acceptors (Lipinski definition) is 9. The van der Waals surface area contributed by atoms with Gasteiger partial charge in [0.15, 0.2) is 5.16 Å². The molecule has 0 aliphatic heterocycles. The van der Waals surface area contributed by atoms with Crippen molar-refractivity contribution in [2.45, 2.75) is 17.1 Å². The van der Waals surface area contributed by atoms with E-state index < -0.39 is 0 Å². The Bertz CT molecular complexity index is 567. The molecule has 0 fully saturated rings. The van der Waals surface area contributed by atoms with E-state index in [2.05, 4.69) is 25.3 Å². The smallest absolute Gasteiger partial charge is 0.223 e. The van der Waals surface area contributed by atoms with Crippen LogP contribution in [-0.2, 0) is 0 Å². The van der Waals surface area contributed by atoms with Crippen LogP contribution in [0.25, 0.3) is 0 Å². The monoisotopic (exact) mass is 278 g/mol. The minimum Gasteiger partial charge on any atom is -0.383 e. The number of hydrogen-bond donors (Lipinski definition) is 4. The van der Waals surface area contributed by atoms with E-state index in [0.29, 0.717) is 27.6 Å². The molecule has 0 spiro atoms. The Kier molecular flexibility index (Phi) is 3.85. The molecule has 0 aliphatic rings. The number of rotatable bonds is 4. The Labute approximate surface area is 114 Å². The quantitative estimate of drug-likeness (QED) is 0.467. The lowest BCUT2D eigenvalue weighted by atomic mass is 10.5. The van der Waals surface area contributed by atoms with E-state index in [0.717, 1.165) is 6.54 Å². The molecule has 0 radical (unpaired) electrons. The van der Waals surface area contributed by atoms with Crippen molar-refractivity contribution in [2.24, 2.45) is 0 Å². The largest absolute Gasteiger partial charge is 0.383 e. The average molecular weight is 278 g/mol. The van der Waals surface area contributed by atoms with Gasteiger partial charge in [0.25, 0.3) is 0 Å². The van der Waals surface area contributed by atoms with Crippen LogP contribution < -0.4 is 22.5 Å². The zero-order valence-electron chi connectivity index (χ0n) is 10.3. The number of nitrogens with two attached hydrogens (primary N) is 3. The molecule has 8 nitrogen and oxygen atoms in total. The van der Waals surface area contributed by atoms with E-state index >= 15 is 0 Å². The Morgan fingerprint density at radius 1 is 1.05 bits per heavy atom. The van der Waals surface area contributed by atoms with Crippen molar-refractivity contribution in [3.8, 4) is 0 Å². The molecule has 2 aromatic heterocycles. The summed E-state index contributed by atoms with van der Waals surface area (Å²) in [6.07, 6.45) is 0. The van der Waals surface area contributed by atoms with E-state index in [1.54, 1.807) is 6.07 Å². The molecule has 0 atom stereocenters. The Balaban J connectivity index is 2.27. The van der Waals surface area contributed by atoms with Crippen LogP contribution in [-0.4, -0.2) is 26.5 Å². The van der Waals surface area contributed by atoms with Gasteiger partial charge < -0.3 is 22.5 Å². The summed E-state index contributed by atoms with van der Waals surface area (Å²) in [6, 6.07) is 3.25. The van der Waals surface area contributed by atoms with Crippen molar-refractivity contribution in [1.29, 1.82) is 0 Å². The van der Waals surface area contributed by atoms with Crippen molar-refractivity contribution in [3.05, 3.63) is 12.1 Å². The second kappa shape index (κ2) is 5.57. The van der Waals surface area contributed by atoms with Crippen molar-refractivity contribution in [3.63, 3.8) is 0 Å². The molecule has 9 heteroatoms. The fourth-order valence-electron chi connectivity index (χ4n) is 1.37. The molecule has 19 heavy (non-hydrogen) atoms. The van der Waals surface area contributed by atoms with E-state index in [1.807, 2.05) is 6.92 Å². The number of anilines is 4. The Hall–Kier alpha value is -2.29. The normalized spacial score (nSPS) is 10.4. The van der Waals surface area contributed by atoms with Crippen molar-refractivity contribution in [1.82, 2.24) is 19.9 Å². The molecule has 7 N–H and O–H groups in total. The van der Waals surface area contributed by atoms with Gasteiger partial charge in [-0.25, -0.2) is 15.0 Å². The molecule has 0 bridgehead atoms. The summed E-state index contributed by atoms with van der Waals surface area (Å²) in [5.41, 5.74) is 16.9. The molecule has 0 saturated heterocycles. The highest BCUT2D eigenvalue weighted by atomic mass is 32.2. The van der Waals surface area contributed by atoms with Crippen LogP contribution >= 0.6 is 11.8 Å². The highest BCUT2D eigenvalue weighted by Gasteiger charge is 2.07. The molecule has 2 rings (SSSR count). The predicted molar refractivity (Wildman–Crippen MR) is 75.6 cm³/mol. The molecule has 2 aromatic rings. The first-order chi connectivity index (χ1) is 9.06. The number of nitrogen functional groups attached to an aromatic ring is 3. The summed E-state index contributed by atoms with van der Waals surface area (Å²) in [5.74, 6) is 1.44. The summed E-state index contributed by atoms with van der Waals surface area (Å²) in [7, 11) is 0. The SMILES string of the molecule is CCNc1cc(Sc2nc(N)cc(N)n2)nc(N)n1. The number of nitrogens with one attached hydrogen (secondary N) is 1. The fraction of sp³-hybridized carbons (Fsp3) is 0.200. The van der Waals surface area contributed by atoms with Crippen molar-refractivity contribution >= 4 is 35.2 Å². The van der Waals surface area contributed by atoms with E-state index in [-0.39, 0.29) is 5.95 Å². The Morgan fingerprint density at radius 3 is 2.37 bits per heavy atom. The van der Waals surface area contributed by atoms with Crippen molar-refractivity contribution in [2.75, 3.05) is 29.1 Å². The van der Waals surface area contributed by atoms with Gasteiger partial charge in [0.05, 0.1) is 0 Å². The van der Waals surface area contributed by atoms with E-state index in [1.165, 1.54) is 17.8 Å². The lowest BCUT2D eigenvalue weighted by Crippen LogP contribution is -2.04. The van der Waals surface area contributed by atoms with Crippen LogP contribution in [0.2, 0.25) is 0 Å². The molecular formula is C10H14N8S. The molecule has 0 amide bonds. The molecule has 100 valence electrons. The number of nitrogens with zero attached hydrogens (tertiary/aromatic N) is 4. The third-order valence-electron chi connectivity index (χ3n) is 2.02. The van der Waals surface area contributed by atoms with Crippen LogP contribution in [0.15, 0.2) is 22.3 Å². The second-order valence-corrected chi connectivity index (χ2v) is 4.57. The minimum atomic E-state index is 0.179. The average Bonchev–Trinajstić information content (AvgIpc) is 2.26. The third-order valence-corrected chi connectivity index (χ3v) is 2.80. The molecular weight excluding hydrogens is 264 g/mol. The van der Waals surface area contributed by atoms with Gasteiger partial charge in [-0.3, -0.25) is 0 Å². The van der Waals surface area contributed by atoms with Crippen LogP contribution in [0.1, 0.15) is 6.92 Å². The summed E-state index contributed by atoms with van der Waals surface area (Å²) in [6.45, 7) is 2.70. The molecule has 2 heterocycles. The van der Waals surface area contributed by atoms with E-state index in [9.17, 15) is 0 Å². The van der Waals surface area contributed by atoms with Gasteiger partial charge in [0, 0.05) is 18.7 Å². The maximum absolute atomic E-state index is 5.64. The van der Waals surface area contributed by atoms with Gasteiger partial charge in [-0.2, -0.15) is 4.98 Å². The Morgan fingerprint density at radius 2 is 1.74 bits per heavy atom. The van der Waals surface area contributed by atoms with Gasteiger partial charge in [-0.05, 0) is 18.7 Å². The highest BCUT2D eigenvalue weighted by Crippen LogP contribution is 2.26. The van der Waals surface area contributed by atoms with Crippen LogP contribution in [0.5, 0.6) is 0 Å². The zero-order chi connectivity index (χ0) is 13.8. The standard InChI is InChI=1S/C10H14N8S/c1-2-14-7-4-8(18-9(13)17-7)19-10-15-5(11)3-6(12)16-10/h3-4H,2H2,1H3,(H4,11,12,15,16)(H3,13,14,17,18). The summed E-state index contributed by atoms with van der Waals surface area (Å²) in [5, 5.41) is 4.10.